The van der Waals surface area contributed by atoms with Crippen LogP contribution in [-0.2, 0) is 6.54 Å². The summed E-state index contributed by atoms with van der Waals surface area (Å²) < 4.78 is 2.46. The summed E-state index contributed by atoms with van der Waals surface area (Å²) in [6, 6.07) is 9.02. The third-order valence-corrected chi connectivity index (χ3v) is 2.97. The van der Waals surface area contributed by atoms with Gasteiger partial charge < -0.3 is 11.5 Å². The van der Waals surface area contributed by atoms with E-state index in [4.69, 9.17) is 11.5 Å². The Bertz CT molecular complexity index is 590. The molecule has 0 atom stereocenters. The van der Waals surface area contributed by atoms with Crippen molar-refractivity contribution in [2.75, 3.05) is 5.73 Å². The van der Waals surface area contributed by atoms with Gasteiger partial charge in [0.25, 0.3) is 5.56 Å². The monoisotopic (exact) mass is 293 g/mol. The standard InChI is InChI=1S/C12H12BrN3O/c13-9-1-3-11(4-2-9)16-7-10(15)5-8(6-14)12(16)17/h1-5,7H,6,14-15H2. The van der Waals surface area contributed by atoms with Crippen molar-refractivity contribution in [1.29, 1.82) is 0 Å². The molecule has 0 saturated carbocycles. The van der Waals surface area contributed by atoms with E-state index in [1.165, 1.54) is 4.57 Å². The summed E-state index contributed by atoms with van der Waals surface area (Å²) in [5.74, 6) is 0. The topological polar surface area (TPSA) is 74.0 Å². The largest absolute Gasteiger partial charge is 0.398 e. The number of anilines is 1. The van der Waals surface area contributed by atoms with E-state index < -0.39 is 0 Å². The van der Waals surface area contributed by atoms with Gasteiger partial charge in [0.15, 0.2) is 0 Å². The Labute approximate surface area is 107 Å². The molecule has 2 aromatic rings. The number of halogens is 1. The smallest absolute Gasteiger partial charge is 0.259 e. The maximum absolute atomic E-state index is 12.1. The Kier molecular flexibility index (Phi) is 3.31. The molecule has 17 heavy (non-hydrogen) atoms. The summed E-state index contributed by atoms with van der Waals surface area (Å²) in [6.07, 6.45) is 1.60. The van der Waals surface area contributed by atoms with E-state index in [0.717, 1.165) is 10.2 Å². The number of nitrogens with zero attached hydrogens (tertiary/aromatic N) is 1. The Balaban J connectivity index is 2.63. The SMILES string of the molecule is NCc1cc(N)cn(-c2ccc(Br)cc2)c1=O. The van der Waals surface area contributed by atoms with Crippen LogP contribution in [0.15, 0.2) is 45.8 Å². The average molecular weight is 294 g/mol. The number of benzene rings is 1. The predicted octanol–water partition coefficient (Wildman–Crippen LogP) is 1.64. The van der Waals surface area contributed by atoms with Crippen LogP contribution in [0.25, 0.3) is 5.69 Å². The third kappa shape index (κ3) is 2.40. The van der Waals surface area contributed by atoms with Crippen molar-refractivity contribution < 1.29 is 0 Å². The summed E-state index contributed by atoms with van der Waals surface area (Å²) in [5, 5.41) is 0. The Morgan fingerprint density at radius 3 is 2.47 bits per heavy atom. The molecule has 4 nitrogen and oxygen atoms in total. The van der Waals surface area contributed by atoms with Gasteiger partial charge in [-0.15, -0.1) is 0 Å². The molecule has 1 aromatic carbocycles. The van der Waals surface area contributed by atoms with Crippen LogP contribution in [0, 0.1) is 0 Å². The first-order valence-corrected chi connectivity index (χ1v) is 5.88. The fourth-order valence-corrected chi connectivity index (χ4v) is 1.87. The molecule has 88 valence electrons. The Morgan fingerprint density at radius 2 is 1.88 bits per heavy atom. The summed E-state index contributed by atoms with van der Waals surface area (Å²) >= 11 is 3.35. The lowest BCUT2D eigenvalue weighted by Gasteiger charge is -2.09. The molecule has 0 aliphatic rings. The molecule has 2 rings (SSSR count). The minimum atomic E-state index is -0.135. The maximum Gasteiger partial charge on any atom is 0.259 e. The minimum absolute atomic E-state index is 0.135. The van der Waals surface area contributed by atoms with Gasteiger partial charge in [-0.1, -0.05) is 15.9 Å². The van der Waals surface area contributed by atoms with Gasteiger partial charge in [0, 0.05) is 34.2 Å². The number of aromatic nitrogens is 1. The number of rotatable bonds is 2. The normalized spacial score (nSPS) is 10.5. The zero-order valence-corrected chi connectivity index (χ0v) is 10.6. The van der Waals surface area contributed by atoms with Crippen molar-refractivity contribution in [3.05, 3.63) is 56.9 Å². The van der Waals surface area contributed by atoms with Gasteiger partial charge in [0.2, 0.25) is 0 Å². The van der Waals surface area contributed by atoms with Crippen molar-refractivity contribution in [3.8, 4) is 5.69 Å². The molecule has 4 N–H and O–H groups in total. The quantitative estimate of drug-likeness (QED) is 0.884. The number of pyridine rings is 1. The summed E-state index contributed by atoms with van der Waals surface area (Å²) in [5.41, 5.74) is 12.9. The highest BCUT2D eigenvalue weighted by Crippen LogP contribution is 2.14. The van der Waals surface area contributed by atoms with Crippen LogP contribution in [0.1, 0.15) is 5.56 Å². The molecule has 1 heterocycles. The summed E-state index contributed by atoms with van der Waals surface area (Å²) in [4.78, 5) is 12.1. The highest BCUT2D eigenvalue weighted by molar-refractivity contribution is 9.10. The van der Waals surface area contributed by atoms with Crippen LogP contribution in [-0.4, -0.2) is 4.57 Å². The van der Waals surface area contributed by atoms with Crippen LogP contribution < -0.4 is 17.0 Å². The van der Waals surface area contributed by atoms with E-state index in [1.807, 2.05) is 24.3 Å². The number of nitrogens with two attached hydrogens (primary N) is 2. The Hall–Kier alpha value is -1.59. The highest BCUT2D eigenvalue weighted by atomic mass is 79.9. The predicted molar refractivity (Wildman–Crippen MR) is 72.0 cm³/mol. The Morgan fingerprint density at radius 1 is 1.24 bits per heavy atom. The van der Waals surface area contributed by atoms with Gasteiger partial charge in [-0.2, -0.15) is 0 Å². The van der Waals surface area contributed by atoms with Gasteiger partial charge in [-0.05, 0) is 30.3 Å². The van der Waals surface area contributed by atoms with E-state index in [2.05, 4.69) is 15.9 Å². The molecule has 5 heteroatoms. The third-order valence-electron chi connectivity index (χ3n) is 2.44. The van der Waals surface area contributed by atoms with Crippen molar-refractivity contribution >= 4 is 21.6 Å². The van der Waals surface area contributed by atoms with E-state index in [1.54, 1.807) is 12.3 Å². The second kappa shape index (κ2) is 4.73. The number of hydrogen-bond donors (Lipinski definition) is 2. The molecule has 0 spiro atoms. The molecule has 0 unspecified atom stereocenters. The van der Waals surface area contributed by atoms with E-state index in [9.17, 15) is 4.79 Å². The van der Waals surface area contributed by atoms with Crippen LogP contribution in [0.4, 0.5) is 5.69 Å². The van der Waals surface area contributed by atoms with Crippen molar-refractivity contribution in [3.63, 3.8) is 0 Å². The van der Waals surface area contributed by atoms with Crippen LogP contribution >= 0.6 is 15.9 Å². The van der Waals surface area contributed by atoms with Gasteiger partial charge in [-0.25, -0.2) is 0 Å². The number of nitrogen functional groups attached to an aromatic ring is 1. The molecule has 0 fully saturated rings. The average Bonchev–Trinajstić information content (AvgIpc) is 2.33. The first kappa shape index (κ1) is 11.9. The lowest BCUT2D eigenvalue weighted by atomic mass is 10.2. The lowest BCUT2D eigenvalue weighted by molar-refractivity contribution is 0.928. The van der Waals surface area contributed by atoms with E-state index in [-0.39, 0.29) is 12.1 Å². The molecule has 0 saturated heterocycles. The second-order valence-electron chi connectivity index (χ2n) is 3.65. The first-order chi connectivity index (χ1) is 8.11. The van der Waals surface area contributed by atoms with Crippen molar-refractivity contribution in [2.24, 2.45) is 5.73 Å². The summed E-state index contributed by atoms with van der Waals surface area (Å²) in [7, 11) is 0. The van der Waals surface area contributed by atoms with Crippen LogP contribution in [0.2, 0.25) is 0 Å². The molecule has 0 aliphatic heterocycles. The first-order valence-electron chi connectivity index (χ1n) is 5.09. The van der Waals surface area contributed by atoms with E-state index in [0.29, 0.717) is 11.3 Å². The molecular formula is C12H12BrN3O. The van der Waals surface area contributed by atoms with Gasteiger partial charge in [-0.3, -0.25) is 9.36 Å². The maximum atomic E-state index is 12.1. The zero-order valence-electron chi connectivity index (χ0n) is 9.06. The molecule has 0 aliphatic carbocycles. The highest BCUT2D eigenvalue weighted by Gasteiger charge is 2.05. The molecular weight excluding hydrogens is 282 g/mol. The number of hydrogen-bond acceptors (Lipinski definition) is 3. The lowest BCUT2D eigenvalue weighted by Crippen LogP contribution is -2.24. The van der Waals surface area contributed by atoms with Gasteiger partial charge in [0.1, 0.15) is 0 Å². The molecule has 0 bridgehead atoms. The molecule has 0 radical (unpaired) electrons. The van der Waals surface area contributed by atoms with Crippen molar-refractivity contribution in [2.45, 2.75) is 6.54 Å². The minimum Gasteiger partial charge on any atom is -0.398 e. The van der Waals surface area contributed by atoms with Gasteiger partial charge in [0.05, 0.1) is 0 Å². The second-order valence-corrected chi connectivity index (χ2v) is 4.57. The fourth-order valence-electron chi connectivity index (χ4n) is 1.60. The molecule has 1 aromatic heterocycles. The summed E-state index contributed by atoms with van der Waals surface area (Å²) in [6.45, 7) is 0.181. The van der Waals surface area contributed by atoms with Gasteiger partial charge >= 0.3 is 0 Å². The van der Waals surface area contributed by atoms with Crippen LogP contribution in [0.3, 0.4) is 0 Å². The van der Waals surface area contributed by atoms with Crippen LogP contribution in [0.5, 0.6) is 0 Å². The molecule has 0 amide bonds. The zero-order chi connectivity index (χ0) is 12.4. The fraction of sp³-hybridized carbons (Fsp3) is 0.0833. The van der Waals surface area contributed by atoms with E-state index >= 15 is 0 Å². The van der Waals surface area contributed by atoms with Crippen molar-refractivity contribution in [1.82, 2.24) is 4.57 Å².